The summed E-state index contributed by atoms with van der Waals surface area (Å²) in [6.07, 6.45) is 5.43. The highest BCUT2D eigenvalue weighted by molar-refractivity contribution is 7.98. The van der Waals surface area contributed by atoms with E-state index in [1.807, 2.05) is 4.90 Å². The zero-order chi connectivity index (χ0) is 14.8. The van der Waals surface area contributed by atoms with E-state index < -0.39 is 0 Å². The van der Waals surface area contributed by atoms with Crippen LogP contribution in [0.5, 0.6) is 0 Å². The number of rotatable bonds is 4. The van der Waals surface area contributed by atoms with Crippen molar-refractivity contribution in [2.24, 2.45) is 0 Å². The summed E-state index contributed by atoms with van der Waals surface area (Å²) in [5.74, 6) is 0.183. The zero-order valence-corrected chi connectivity index (χ0v) is 13.4. The van der Waals surface area contributed by atoms with E-state index in [0.717, 1.165) is 24.8 Å². The van der Waals surface area contributed by atoms with Gasteiger partial charge in [0.05, 0.1) is 18.7 Å². The summed E-state index contributed by atoms with van der Waals surface area (Å²) in [5, 5.41) is 3.35. The number of methoxy groups -OCH3 is 1. The van der Waals surface area contributed by atoms with Crippen LogP contribution in [0.25, 0.3) is 0 Å². The fourth-order valence-corrected chi connectivity index (χ4v) is 3.87. The highest BCUT2D eigenvalue weighted by Gasteiger charge is 2.42. The van der Waals surface area contributed by atoms with Crippen LogP contribution in [-0.4, -0.2) is 42.9 Å². The van der Waals surface area contributed by atoms with Gasteiger partial charge < -0.3 is 9.64 Å². The van der Waals surface area contributed by atoms with Gasteiger partial charge in [-0.25, -0.2) is 0 Å². The number of carbonyl (C=O) groups is 1. The molecule has 0 radical (unpaired) electrons. The monoisotopic (exact) mass is 306 g/mol. The number of ether oxygens (including phenoxy) is 1. The second kappa shape index (κ2) is 6.38. The normalized spacial score (nSPS) is 29.3. The van der Waals surface area contributed by atoms with Gasteiger partial charge in [-0.05, 0) is 43.2 Å². The molecule has 21 heavy (non-hydrogen) atoms. The summed E-state index contributed by atoms with van der Waals surface area (Å²) in [4.78, 5) is 15.6. The Labute approximate surface area is 130 Å². The Hall–Kier alpha value is -1.04. The van der Waals surface area contributed by atoms with Crippen molar-refractivity contribution in [1.29, 1.82) is 0 Å². The molecule has 1 aliphatic carbocycles. The maximum Gasteiger partial charge on any atom is 0.238 e. The van der Waals surface area contributed by atoms with E-state index in [0.29, 0.717) is 6.54 Å². The molecule has 0 aromatic heterocycles. The second-order valence-electron chi connectivity index (χ2n) is 5.63. The molecule has 1 saturated heterocycles. The summed E-state index contributed by atoms with van der Waals surface area (Å²) < 4.78 is 5.58. The minimum absolute atomic E-state index is 0.0193. The molecular weight excluding hydrogens is 284 g/mol. The summed E-state index contributed by atoms with van der Waals surface area (Å²) in [6, 6.07) is 8.66. The number of thioether (sulfide) groups is 1. The molecule has 1 aromatic rings. The largest absolute Gasteiger partial charge is 0.379 e. The third-order valence-corrected chi connectivity index (χ3v) is 5.27. The number of benzene rings is 1. The average molecular weight is 306 g/mol. The van der Waals surface area contributed by atoms with Gasteiger partial charge in [0.1, 0.15) is 6.17 Å². The van der Waals surface area contributed by atoms with Crippen molar-refractivity contribution in [3.8, 4) is 0 Å². The SMILES string of the molecule is COC1CCCC1N1C(=O)CNC1c1ccc(SC)cc1. The molecule has 1 aromatic carbocycles. The average Bonchev–Trinajstić information content (AvgIpc) is 3.13. The van der Waals surface area contributed by atoms with E-state index in [1.165, 1.54) is 4.90 Å². The lowest BCUT2D eigenvalue weighted by atomic mass is 10.1. The molecule has 114 valence electrons. The lowest BCUT2D eigenvalue weighted by molar-refractivity contribution is -0.132. The van der Waals surface area contributed by atoms with Crippen LogP contribution in [0, 0.1) is 0 Å². The van der Waals surface area contributed by atoms with Gasteiger partial charge in [-0.1, -0.05) is 12.1 Å². The Bertz CT molecular complexity index is 506. The van der Waals surface area contributed by atoms with E-state index in [2.05, 4.69) is 35.8 Å². The predicted molar refractivity (Wildman–Crippen MR) is 84.2 cm³/mol. The van der Waals surface area contributed by atoms with Crippen LogP contribution in [0.4, 0.5) is 0 Å². The van der Waals surface area contributed by atoms with Crippen LogP contribution in [0.2, 0.25) is 0 Å². The summed E-state index contributed by atoms with van der Waals surface area (Å²) >= 11 is 1.73. The number of hydrogen-bond acceptors (Lipinski definition) is 4. The van der Waals surface area contributed by atoms with Gasteiger partial charge in [-0.3, -0.25) is 10.1 Å². The third kappa shape index (κ3) is 2.82. The highest BCUT2D eigenvalue weighted by Crippen LogP contribution is 2.34. The van der Waals surface area contributed by atoms with Crippen molar-refractivity contribution in [2.75, 3.05) is 19.9 Å². The first kappa shape index (κ1) is 14.9. The van der Waals surface area contributed by atoms with Crippen molar-refractivity contribution in [3.63, 3.8) is 0 Å². The first-order valence-electron chi connectivity index (χ1n) is 7.46. The Kier molecular flexibility index (Phi) is 4.52. The molecule has 3 unspecified atom stereocenters. The van der Waals surface area contributed by atoms with Gasteiger partial charge in [0.25, 0.3) is 0 Å². The molecule has 2 fully saturated rings. The van der Waals surface area contributed by atoms with Gasteiger partial charge in [-0.15, -0.1) is 11.8 Å². The van der Waals surface area contributed by atoms with Crippen molar-refractivity contribution in [3.05, 3.63) is 29.8 Å². The maximum atomic E-state index is 12.3. The molecule has 5 heteroatoms. The Balaban J connectivity index is 1.84. The zero-order valence-electron chi connectivity index (χ0n) is 12.5. The van der Waals surface area contributed by atoms with E-state index in [9.17, 15) is 4.79 Å². The van der Waals surface area contributed by atoms with Crippen molar-refractivity contribution >= 4 is 17.7 Å². The van der Waals surface area contributed by atoms with Crippen LogP contribution in [0.3, 0.4) is 0 Å². The fraction of sp³-hybridized carbons (Fsp3) is 0.562. The number of amides is 1. The second-order valence-corrected chi connectivity index (χ2v) is 6.51. The molecule has 1 amide bonds. The van der Waals surface area contributed by atoms with Crippen molar-refractivity contribution < 1.29 is 9.53 Å². The van der Waals surface area contributed by atoms with Gasteiger partial charge >= 0.3 is 0 Å². The molecule has 0 bridgehead atoms. The molecular formula is C16H22N2O2S. The lowest BCUT2D eigenvalue weighted by Crippen LogP contribution is -2.44. The Morgan fingerprint density at radius 2 is 2.05 bits per heavy atom. The van der Waals surface area contributed by atoms with Crippen LogP contribution < -0.4 is 5.32 Å². The highest BCUT2D eigenvalue weighted by atomic mass is 32.2. The predicted octanol–water partition coefficient (Wildman–Crippen LogP) is 2.41. The molecule has 3 rings (SSSR count). The first-order valence-corrected chi connectivity index (χ1v) is 8.68. The maximum absolute atomic E-state index is 12.3. The van der Waals surface area contributed by atoms with Crippen LogP contribution in [-0.2, 0) is 9.53 Å². The molecule has 2 aliphatic rings. The quantitative estimate of drug-likeness (QED) is 0.867. The van der Waals surface area contributed by atoms with E-state index in [1.54, 1.807) is 18.9 Å². The Morgan fingerprint density at radius 3 is 2.71 bits per heavy atom. The van der Waals surface area contributed by atoms with Crippen LogP contribution in [0.15, 0.2) is 29.2 Å². The third-order valence-electron chi connectivity index (χ3n) is 4.52. The van der Waals surface area contributed by atoms with Gasteiger partial charge in [-0.2, -0.15) is 0 Å². The fourth-order valence-electron chi connectivity index (χ4n) is 3.46. The number of nitrogens with zero attached hydrogens (tertiary/aromatic N) is 1. The lowest BCUT2D eigenvalue weighted by Gasteiger charge is -2.33. The van der Waals surface area contributed by atoms with Gasteiger partial charge in [0.2, 0.25) is 5.91 Å². The van der Waals surface area contributed by atoms with E-state index >= 15 is 0 Å². The smallest absolute Gasteiger partial charge is 0.238 e. The molecule has 1 heterocycles. The number of carbonyl (C=O) groups excluding carboxylic acids is 1. The molecule has 3 atom stereocenters. The van der Waals surface area contributed by atoms with Crippen molar-refractivity contribution in [1.82, 2.24) is 10.2 Å². The standard InChI is InChI=1S/C16H22N2O2S/c1-20-14-5-3-4-13(14)18-15(19)10-17-16(18)11-6-8-12(21-2)9-7-11/h6-9,13-14,16-17H,3-5,10H2,1-2H3. The first-order chi connectivity index (χ1) is 10.2. The molecule has 4 nitrogen and oxygen atoms in total. The topological polar surface area (TPSA) is 41.6 Å². The molecule has 1 aliphatic heterocycles. The summed E-state index contributed by atoms with van der Waals surface area (Å²) in [5.41, 5.74) is 1.15. The summed E-state index contributed by atoms with van der Waals surface area (Å²) in [6.45, 7) is 0.419. The van der Waals surface area contributed by atoms with Crippen LogP contribution in [0.1, 0.15) is 31.0 Å². The van der Waals surface area contributed by atoms with E-state index in [-0.39, 0.29) is 24.2 Å². The number of nitrogens with one attached hydrogen (secondary N) is 1. The summed E-state index contributed by atoms with van der Waals surface area (Å²) in [7, 11) is 1.75. The van der Waals surface area contributed by atoms with Crippen LogP contribution >= 0.6 is 11.8 Å². The molecule has 1 N–H and O–H groups in total. The minimum Gasteiger partial charge on any atom is -0.379 e. The molecule has 0 spiro atoms. The van der Waals surface area contributed by atoms with E-state index in [4.69, 9.17) is 4.74 Å². The molecule has 1 saturated carbocycles. The number of hydrogen-bond donors (Lipinski definition) is 1. The Morgan fingerprint density at radius 1 is 1.29 bits per heavy atom. The van der Waals surface area contributed by atoms with Crippen molar-refractivity contribution in [2.45, 2.75) is 42.5 Å². The minimum atomic E-state index is -0.0193. The van der Waals surface area contributed by atoms with Gasteiger partial charge in [0.15, 0.2) is 0 Å². The van der Waals surface area contributed by atoms with Gasteiger partial charge in [0, 0.05) is 12.0 Å².